The van der Waals surface area contributed by atoms with E-state index >= 15 is 0 Å². The number of carbonyl (C=O) groups is 1. The molecule has 2 fully saturated rings. The molecule has 0 aliphatic heterocycles. The number of carboxylic acid groups (broad SMARTS) is 1. The Morgan fingerprint density at radius 3 is 2.25 bits per heavy atom. The summed E-state index contributed by atoms with van der Waals surface area (Å²) < 4.78 is 0. The Morgan fingerprint density at radius 2 is 2.08 bits per heavy atom. The van der Waals surface area contributed by atoms with Gasteiger partial charge < -0.3 is 15.0 Å². The number of aliphatic hydroxyl groups is 1. The van der Waals surface area contributed by atoms with Crippen molar-refractivity contribution in [1.29, 1.82) is 0 Å². The smallest absolute Gasteiger partial charge is 0.550 e. The van der Waals surface area contributed by atoms with Crippen LogP contribution in [0.5, 0.6) is 0 Å². The molecule has 0 radical (unpaired) electrons. The van der Waals surface area contributed by atoms with Crippen molar-refractivity contribution in [2.24, 2.45) is 11.3 Å². The molecule has 2 saturated carbocycles. The van der Waals surface area contributed by atoms with Crippen LogP contribution in [0.4, 0.5) is 0 Å². The first kappa shape index (κ1) is 10.1. The minimum Gasteiger partial charge on any atom is -0.550 e. The van der Waals surface area contributed by atoms with Gasteiger partial charge in [-0.2, -0.15) is 0 Å². The fourth-order valence-corrected chi connectivity index (χ4v) is 2.36. The summed E-state index contributed by atoms with van der Waals surface area (Å²) in [5, 5.41) is 19.9. The Kier molecular flexibility index (Phi) is 2.58. The second-order valence-electron chi connectivity index (χ2n) is 3.71. The van der Waals surface area contributed by atoms with E-state index in [1.807, 2.05) is 0 Å². The maximum absolute atomic E-state index is 10.5. The Morgan fingerprint density at radius 1 is 1.50 bits per heavy atom. The van der Waals surface area contributed by atoms with Gasteiger partial charge in [-0.05, 0) is 19.3 Å². The van der Waals surface area contributed by atoms with Gasteiger partial charge in [0.25, 0.3) is 0 Å². The maximum Gasteiger partial charge on any atom is 1.00 e. The average molecular weight is 162 g/mol. The van der Waals surface area contributed by atoms with Gasteiger partial charge in [0.15, 0.2) is 0 Å². The summed E-state index contributed by atoms with van der Waals surface area (Å²) in [6, 6.07) is 0. The normalized spacial score (nSPS) is 36.1. The largest absolute Gasteiger partial charge is 1.00 e. The van der Waals surface area contributed by atoms with Crippen molar-refractivity contribution < 1.29 is 33.9 Å². The number of hydrogen-bond donors (Lipinski definition) is 1. The standard InChI is InChI=1S/C8H12O3.Li/c9-6-4-5(7(10)11)8(6)2-1-3-8;/h5-6,9H,1-4H2,(H,10,11);/q;+1/p-1/t5-,6-;/m1./s1. The van der Waals surface area contributed by atoms with E-state index in [0.717, 1.165) is 19.3 Å². The van der Waals surface area contributed by atoms with Crippen molar-refractivity contribution in [3.63, 3.8) is 0 Å². The van der Waals surface area contributed by atoms with Crippen LogP contribution in [-0.4, -0.2) is 17.2 Å². The monoisotopic (exact) mass is 162 g/mol. The fraction of sp³-hybridized carbons (Fsp3) is 0.875. The van der Waals surface area contributed by atoms with Crippen LogP contribution in [0.1, 0.15) is 25.7 Å². The number of carbonyl (C=O) groups excluding carboxylic acids is 1. The third kappa shape index (κ3) is 1.04. The van der Waals surface area contributed by atoms with Crippen molar-refractivity contribution >= 4 is 5.97 Å². The average Bonchev–Trinajstić information content (AvgIpc) is 1.78. The molecule has 0 aromatic rings. The molecule has 62 valence electrons. The molecule has 2 aliphatic rings. The van der Waals surface area contributed by atoms with Gasteiger partial charge >= 0.3 is 18.9 Å². The Labute approximate surface area is 83.3 Å². The van der Waals surface area contributed by atoms with E-state index in [2.05, 4.69) is 0 Å². The molecule has 1 N–H and O–H groups in total. The van der Waals surface area contributed by atoms with Gasteiger partial charge in [-0.15, -0.1) is 0 Å². The summed E-state index contributed by atoms with van der Waals surface area (Å²) in [5.41, 5.74) is -0.265. The first-order chi connectivity index (χ1) is 5.17. The summed E-state index contributed by atoms with van der Waals surface area (Å²) in [7, 11) is 0. The van der Waals surface area contributed by atoms with Gasteiger partial charge in [0, 0.05) is 17.3 Å². The number of rotatable bonds is 1. The van der Waals surface area contributed by atoms with Crippen molar-refractivity contribution in [3.05, 3.63) is 0 Å². The Bertz CT molecular complexity index is 200. The minimum absolute atomic E-state index is 0. The molecule has 0 aromatic heterocycles. The van der Waals surface area contributed by atoms with E-state index in [9.17, 15) is 15.0 Å². The molecular formula is C8H11LiO3. The zero-order chi connectivity index (χ0) is 8.06. The third-order valence-electron chi connectivity index (χ3n) is 3.39. The van der Waals surface area contributed by atoms with Crippen LogP contribution >= 0.6 is 0 Å². The van der Waals surface area contributed by atoms with Gasteiger partial charge in [-0.3, -0.25) is 0 Å². The SMILES string of the molecule is O=C([O-])[C@H]1C[C@@H](O)C12CCC2.[Li+]. The van der Waals surface area contributed by atoms with Gasteiger partial charge in [-0.25, -0.2) is 0 Å². The third-order valence-corrected chi connectivity index (χ3v) is 3.39. The summed E-state index contributed by atoms with van der Waals surface area (Å²) in [6.45, 7) is 0. The van der Waals surface area contributed by atoms with Crippen LogP contribution in [0.2, 0.25) is 0 Å². The van der Waals surface area contributed by atoms with Crippen LogP contribution in [0, 0.1) is 11.3 Å². The molecule has 3 nitrogen and oxygen atoms in total. The minimum atomic E-state index is -0.977. The van der Waals surface area contributed by atoms with E-state index in [0.29, 0.717) is 6.42 Å². The number of aliphatic hydroxyl groups excluding tert-OH is 1. The van der Waals surface area contributed by atoms with Gasteiger partial charge in [0.1, 0.15) is 0 Å². The zero-order valence-corrected chi connectivity index (χ0v) is 7.25. The molecule has 1 spiro atoms. The summed E-state index contributed by atoms with van der Waals surface area (Å²) in [4.78, 5) is 10.5. The topological polar surface area (TPSA) is 60.4 Å². The van der Waals surface area contributed by atoms with Gasteiger partial charge in [0.2, 0.25) is 0 Å². The summed E-state index contributed by atoms with van der Waals surface area (Å²) in [5.74, 6) is -1.35. The molecule has 0 saturated heterocycles. The van der Waals surface area contributed by atoms with Crippen LogP contribution in [-0.2, 0) is 4.79 Å². The summed E-state index contributed by atoms with van der Waals surface area (Å²) in [6.07, 6.45) is 2.82. The van der Waals surface area contributed by atoms with E-state index in [-0.39, 0.29) is 36.3 Å². The first-order valence-electron chi connectivity index (χ1n) is 4.06. The van der Waals surface area contributed by atoms with E-state index in [1.165, 1.54) is 0 Å². The second-order valence-corrected chi connectivity index (χ2v) is 3.71. The van der Waals surface area contributed by atoms with Gasteiger partial charge in [-0.1, -0.05) is 6.42 Å². The van der Waals surface area contributed by atoms with Crippen LogP contribution in [0.3, 0.4) is 0 Å². The van der Waals surface area contributed by atoms with Crippen LogP contribution in [0.25, 0.3) is 0 Å². The molecule has 2 atom stereocenters. The number of carboxylic acids is 1. The molecule has 4 heteroatoms. The molecular weight excluding hydrogens is 151 g/mol. The Hall–Kier alpha value is 0.0274. The molecule has 2 aliphatic carbocycles. The van der Waals surface area contributed by atoms with E-state index < -0.39 is 5.97 Å². The molecule has 2 rings (SSSR count). The number of aliphatic carboxylic acids is 1. The second kappa shape index (κ2) is 3.06. The number of hydrogen-bond acceptors (Lipinski definition) is 3. The maximum atomic E-state index is 10.5. The van der Waals surface area contributed by atoms with Gasteiger partial charge in [0.05, 0.1) is 6.10 Å². The quantitative estimate of drug-likeness (QED) is 0.403. The van der Waals surface area contributed by atoms with E-state index in [1.54, 1.807) is 0 Å². The summed E-state index contributed by atoms with van der Waals surface area (Å²) >= 11 is 0. The fourth-order valence-electron chi connectivity index (χ4n) is 2.36. The van der Waals surface area contributed by atoms with Crippen molar-refractivity contribution in [1.82, 2.24) is 0 Å². The van der Waals surface area contributed by atoms with Crippen LogP contribution in [0.15, 0.2) is 0 Å². The predicted molar refractivity (Wildman–Crippen MR) is 35.4 cm³/mol. The molecule has 0 unspecified atom stereocenters. The molecule has 0 amide bonds. The molecule has 0 aromatic carbocycles. The zero-order valence-electron chi connectivity index (χ0n) is 7.25. The molecule has 0 heterocycles. The van der Waals surface area contributed by atoms with E-state index in [4.69, 9.17) is 0 Å². The van der Waals surface area contributed by atoms with Crippen LogP contribution < -0.4 is 24.0 Å². The van der Waals surface area contributed by atoms with Crippen molar-refractivity contribution in [3.8, 4) is 0 Å². The predicted octanol–water partition coefficient (Wildman–Crippen LogP) is -3.71. The first-order valence-corrected chi connectivity index (χ1v) is 4.06. The molecule has 0 bridgehead atoms. The molecule has 12 heavy (non-hydrogen) atoms. The van der Waals surface area contributed by atoms with Crippen molar-refractivity contribution in [2.75, 3.05) is 0 Å². The van der Waals surface area contributed by atoms with Crippen molar-refractivity contribution in [2.45, 2.75) is 31.8 Å². The Balaban J connectivity index is 0.000000720.